The van der Waals surface area contributed by atoms with Gasteiger partial charge in [0.2, 0.25) is 5.91 Å². The van der Waals surface area contributed by atoms with E-state index in [-0.39, 0.29) is 11.9 Å². The second-order valence-corrected chi connectivity index (χ2v) is 4.93. The van der Waals surface area contributed by atoms with Crippen LogP contribution in [0.3, 0.4) is 0 Å². The Labute approximate surface area is 114 Å². The third-order valence-electron chi connectivity index (χ3n) is 3.75. The second-order valence-electron chi connectivity index (χ2n) is 4.93. The number of amides is 1. The van der Waals surface area contributed by atoms with Crippen LogP contribution in [0.25, 0.3) is 0 Å². The summed E-state index contributed by atoms with van der Waals surface area (Å²) in [6, 6.07) is -0.0759. The van der Waals surface area contributed by atoms with Gasteiger partial charge in [-0.2, -0.15) is 5.10 Å². The van der Waals surface area contributed by atoms with Gasteiger partial charge in [0.25, 0.3) is 0 Å². The number of rotatable bonds is 4. The van der Waals surface area contributed by atoms with Gasteiger partial charge >= 0.3 is 0 Å². The SMILES string of the molecule is C#CCN1CCC[C@H]1C(=O)NCc1cnn(C)c1C. The minimum Gasteiger partial charge on any atom is -0.351 e. The molecule has 1 aromatic heterocycles. The molecule has 2 heterocycles. The zero-order valence-corrected chi connectivity index (χ0v) is 11.5. The molecule has 0 spiro atoms. The zero-order chi connectivity index (χ0) is 13.8. The predicted molar refractivity (Wildman–Crippen MR) is 73.2 cm³/mol. The molecule has 1 amide bonds. The van der Waals surface area contributed by atoms with Gasteiger partial charge in [0.15, 0.2) is 0 Å². The lowest BCUT2D eigenvalue weighted by Crippen LogP contribution is -2.43. The number of aromatic nitrogens is 2. The molecule has 1 aromatic rings. The van der Waals surface area contributed by atoms with Gasteiger partial charge in [0.1, 0.15) is 0 Å². The summed E-state index contributed by atoms with van der Waals surface area (Å²) >= 11 is 0. The molecular weight excluding hydrogens is 240 g/mol. The maximum Gasteiger partial charge on any atom is 0.237 e. The Bertz CT molecular complexity index is 500. The van der Waals surface area contributed by atoms with Crippen molar-refractivity contribution in [2.45, 2.75) is 32.4 Å². The number of likely N-dealkylation sites (tertiary alicyclic amines) is 1. The van der Waals surface area contributed by atoms with Crippen LogP contribution in [-0.2, 0) is 18.4 Å². The Balaban J connectivity index is 1.91. The van der Waals surface area contributed by atoms with E-state index in [4.69, 9.17) is 6.42 Å². The van der Waals surface area contributed by atoms with Crippen molar-refractivity contribution in [1.82, 2.24) is 20.0 Å². The van der Waals surface area contributed by atoms with Crippen molar-refractivity contribution >= 4 is 5.91 Å². The van der Waals surface area contributed by atoms with Crippen LogP contribution in [0.4, 0.5) is 0 Å². The third-order valence-corrected chi connectivity index (χ3v) is 3.75. The average molecular weight is 260 g/mol. The van der Waals surface area contributed by atoms with Crippen LogP contribution in [0.2, 0.25) is 0 Å². The van der Waals surface area contributed by atoms with Crippen LogP contribution in [0.5, 0.6) is 0 Å². The van der Waals surface area contributed by atoms with E-state index in [1.807, 2.05) is 18.7 Å². The van der Waals surface area contributed by atoms with Crippen LogP contribution in [-0.4, -0.2) is 39.7 Å². The normalized spacial score (nSPS) is 19.3. The van der Waals surface area contributed by atoms with Crippen molar-refractivity contribution in [2.24, 2.45) is 7.05 Å². The molecule has 1 N–H and O–H groups in total. The topological polar surface area (TPSA) is 50.2 Å². The Morgan fingerprint density at radius 3 is 3.11 bits per heavy atom. The Morgan fingerprint density at radius 2 is 2.47 bits per heavy atom. The standard InChI is InChI=1S/C14H20N4O/c1-4-7-18-8-5-6-13(18)14(19)15-9-12-10-16-17(3)11(12)2/h1,10,13H,5-9H2,2-3H3,(H,15,19)/t13-/m0/s1. The van der Waals surface area contributed by atoms with Crippen molar-refractivity contribution in [2.75, 3.05) is 13.1 Å². The molecule has 2 rings (SSSR count). The molecule has 1 aliphatic heterocycles. The van der Waals surface area contributed by atoms with Crippen LogP contribution in [0.1, 0.15) is 24.1 Å². The van der Waals surface area contributed by atoms with Gasteiger partial charge in [-0.1, -0.05) is 5.92 Å². The lowest BCUT2D eigenvalue weighted by atomic mass is 10.2. The summed E-state index contributed by atoms with van der Waals surface area (Å²) in [4.78, 5) is 14.2. The number of hydrogen-bond donors (Lipinski definition) is 1. The highest BCUT2D eigenvalue weighted by Gasteiger charge is 2.29. The maximum atomic E-state index is 12.2. The number of hydrogen-bond acceptors (Lipinski definition) is 3. The van der Waals surface area contributed by atoms with E-state index in [1.165, 1.54) is 0 Å². The van der Waals surface area contributed by atoms with Crippen molar-refractivity contribution in [3.63, 3.8) is 0 Å². The zero-order valence-electron chi connectivity index (χ0n) is 11.5. The molecule has 0 aliphatic carbocycles. The summed E-state index contributed by atoms with van der Waals surface area (Å²) in [6.45, 7) is 3.98. The maximum absolute atomic E-state index is 12.2. The fourth-order valence-electron chi connectivity index (χ4n) is 2.45. The lowest BCUT2D eigenvalue weighted by molar-refractivity contribution is -0.125. The Hall–Kier alpha value is -1.80. The van der Waals surface area contributed by atoms with Crippen molar-refractivity contribution < 1.29 is 4.79 Å². The third kappa shape index (κ3) is 2.96. The second kappa shape index (κ2) is 5.89. The number of nitrogens with zero attached hydrogens (tertiary/aromatic N) is 3. The van der Waals surface area contributed by atoms with Crippen LogP contribution < -0.4 is 5.32 Å². The molecule has 5 heteroatoms. The molecule has 0 saturated carbocycles. The largest absolute Gasteiger partial charge is 0.351 e. The Morgan fingerprint density at radius 1 is 1.68 bits per heavy atom. The van der Waals surface area contributed by atoms with Crippen molar-refractivity contribution in [3.05, 3.63) is 17.5 Å². The van der Waals surface area contributed by atoms with Crippen LogP contribution in [0, 0.1) is 19.3 Å². The molecule has 0 aromatic carbocycles. The molecule has 0 radical (unpaired) electrons. The summed E-state index contributed by atoms with van der Waals surface area (Å²) in [5.74, 6) is 2.68. The van der Waals surface area contributed by atoms with Gasteiger partial charge < -0.3 is 5.32 Å². The van der Waals surface area contributed by atoms with E-state index < -0.39 is 0 Å². The number of aryl methyl sites for hydroxylation is 1. The minimum atomic E-state index is -0.0759. The lowest BCUT2D eigenvalue weighted by Gasteiger charge is -2.21. The quantitative estimate of drug-likeness (QED) is 0.799. The van der Waals surface area contributed by atoms with Gasteiger partial charge in [-0.25, -0.2) is 0 Å². The number of terminal acetylenes is 1. The van der Waals surface area contributed by atoms with Gasteiger partial charge in [0, 0.05) is 24.8 Å². The highest BCUT2D eigenvalue weighted by atomic mass is 16.2. The molecule has 102 valence electrons. The fraction of sp³-hybridized carbons (Fsp3) is 0.571. The first-order valence-corrected chi connectivity index (χ1v) is 6.56. The van der Waals surface area contributed by atoms with Gasteiger partial charge in [-0.15, -0.1) is 6.42 Å². The minimum absolute atomic E-state index is 0.0657. The summed E-state index contributed by atoms with van der Waals surface area (Å²) in [6.07, 6.45) is 9.04. The molecule has 1 saturated heterocycles. The highest BCUT2D eigenvalue weighted by Crippen LogP contribution is 2.16. The van der Waals surface area contributed by atoms with Gasteiger partial charge in [-0.05, 0) is 26.3 Å². The van der Waals surface area contributed by atoms with Gasteiger partial charge in [0.05, 0.1) is 18.8 Å². The first kappa shape index (κ1) is 13.6. The number of nitrogens with one attached hydrogen (secondary N) is 1. The monoisotopic (exact) mass is 260 g/mol. The number of carbonyl (C=O) groups excluding carboxylic acids is 1. The fourth-order valence-corrected chi connectivity index (χ4v) is 2.45. The van der Waals surface area contributed by atoms with Crippen molar-refractivity contribution in [1.29, 1.82) is 0 Å². The average Bonchev–Trinajstić information content (AvgIpc) is 2.97. The predicted octanol–water partition coefficient (Wildman–Crippen LogP) is 0.442. The summed E-state index contributed by atoms with van der Waals surface area (Å²) in [7, 11) is 1.90. The van der Waals surface area contributed by atoms with E-state index >= 15 is 0 Å². The summed E-state index contributed by atoms with van der Waals surface area (Å²) in [5.41, 5.74) is 2.13. The first-order chi connectivity index (χ1) is 9.13. The summed E-state index contributed by atoms with van der Waals surface area (Å²) in [5, 5.41) is 7.15. The Kier molecular flexibility index (Phi) is 4.23. The van der Waals surface area contributed by atoms with E-state index in [0.29, 0.717) is 13.1 Å². The van der Waals surface area contributed by atoms with E-state index in [1.54, 1.807) is 6.20 Å². The molecule has 1 aliphatic rings. The van der Waals surface area contributed by atoms with Crippen LogP contribution in [0.15, 0.2) is 6.20 Å². The molecule has 5 nitrogen and oxygen atoms in total. The van der Waals surface area contributed by atoms with E-state index in [0.717, 1.165) is 30.6 Å². The molecule has 1 atom stereocenters. The highest BCUT2D eigenvalue weighted by molar-refractivity contribution is 5.82. The summed E-state index contributed by atoms with van der Waals surface area (Å²) < 4.78 is 1.81. The molecule has 1 fully saturated rings. The van der Waals surface area contributed by atoms with E-state index in [2.05, 4.69) is 21.2 Å². The molecular formula is C14H20N4O. The van der Waals surface area contributed by atoms with Gasteiger partial charge in [-0.3, -0.25) is 14.4 Å². The number of carbonyl (C=O) groups is 1. The smallest absolute Gasteiger partial charge is 0.237 e. The molecule has 19 heavy (non-hydrogen) atoms. The molecule has 0 unspecified atom stereocenters. The first-order valence-electron chi connectivity index (χ1n) is 6.56. The molecule has 0 bridgehead atoms. The van der Waals surface area contributed by atoms with Crippen LogP contribution >= 0.6 is 0 Å². The van der Waals surface area contributed by atoms with Crippen molar-refractivity contribution in [3.8, 4) is 12.3 Å². The van der Waals surface area contributed by atoms with E-state index in [9.17, 15) is 4.79 Å².